The third-order valence-corrected chi connectivity index (χ3v) is 5.20. The molecule has 4 aromatic rings. The fraction of sp³-hybridized carbons (Fsp3) is 0.167. The molecule has 0 aliphatic rings. The summed E-state index contributed by atoms with van der Waals surface area (Å²) in [6.45, 7) is 5.71. The van der Waals surface area contributed by atoms with E-state index in [-0.39, 0.29) is 11.5 Å². The van der Waals surface area contributed by atoms with Gasteiger partial charge in [-0.3, -0.25) is 19.6 Å². The highest BCUT2D eigenvalue weighted by atomic mass is 16.1. The number of hydrogen-bond donors (Lipinski definition) is 1. The van der Waals surface area contributed by atoms with Crippen LogP contribution in [0.25, 0.3) is 22.0 Å². The molecule has 3 aromatic heterocycles. The zero-order chi connectivity index (χ0) is 21.4. The number of carbonyl (C=O) groups is 1. The van der Waals surface area contributed by atoms with Gasteiger partial charge in [-0.1, -0.05) is 6.07 Å². The quantitative estimate of drug-likeness (QED) is 0.562. The van der Waals surface area contributed by atoms with Crippen molar-refractivity contribution in [1.29, 1.82) is 0 Å². The molecule has 0 saturated heterocycles. The first kappa shape index (κ1) is 19.5. The predicted molar refractivity (Wildman–Crippen MR) is 119 cm³/mol. The molecule has 150 valence electrons. The van der Waals surface area contributed by atoms with Crippen LogP contribution in [0.15, 0.2) is 59.7 Å². The number of nitrogens with one attached hydrogen (secondary N) is 1. The standard InChI is InChI=1S/C24H22N4O2/c1-14-5-7-17(23(29)27-19-8-6-15(2)26-13-19)10-20(14)21-11-18-12-25-16(3)9-22(18)28(4)24(21)30/h5-13H,1-4H3,(H,27,29). The fourth-order valence-corrected chi connectivity index (χ4v) is 3.46. The summed E-state index contributed by atoms with van der Waals surface area (Å²) >= 11 is 0. The molecule has 30 heavy (non-hydrogen) atoms. The summed E-state index contributed by atoms with van der Waals surface area (Å²) < 4.78 is 1.63. The van der Waals surface area contributed by atoms with E-state index >= 15 is 0 Å². The third kappa shape index (κ3) is 3.59. The Morgan fingerprint density at radius 1 is 0.900 bits per heavy atom. The Balaban J connectivity index is 1.78. The molecule has 1 aromatic carbocycles. The van der Waals surface area contributed by atoms with Gasteiger partial charge in [-0.25, -0.2) is 0 Å². The summed E-state index contributed by atoms with van der Waals surface area (Å²) in [5.74, 6) is -0.253. The number of hydrogen-bond acceptors (Lipinski definition) is 4. The van der Waals surface area contributed by atoms with Crippen LogP contribution in [-0.4, -0.2) is 20.4 Å². The summed E-state index contributed by atoms with van der Waals surface area (Å²) in [6, 6.07) is 12.8. The van der Waals surface area contributed by atoms with E-state index in [9.17, 15) is 9.59 Å². The van der Waals surface area contributed by atoms with E-state index in [0.717, 1.165) is 33.4 Å². The Hall–Kier alpha value is -3.80. The fourth-order valence-electron chi connectivity index (χ4n) is 3.46. The second-order valence-electron chi connectivity index (χ2n) is 7.48. The van der Waals surface area contributed by atoms with Crippen LogP contribution in [-0.2, 0) is 7.05 Å². The van der Waals surface area contributed by atoms with E-state index in [4.69, 9.17) is 0 Å². The molecule has 4 rings (SSSR count). The molecule has 0 atom stereocenters. The molecule has 3 heterocycles. The van der Waals surface area contributed by atoms with Crippen LogP contribution in [0, 0.1) is 20.8 Å². The van der Waals surface area contributed by atoms with Crippen molar-refractivity contribution in [3.63, 3.8) is 0 Å². The second-order valence-corrected chi connectivity index (χ2v) is 7.48. The van der Waals surface area contributed by atoms with E-state index in [1.807, 2.05) is 51.1 Å². The van der Waals surface area contributed by atoms with Crippen LogP contribution in [0.2, 0.25) is 0 Å². The minimum absolute atomic E-state index is 0.114. The summed E-state index contributed by atoms with van der Waals surface area (Å²) in [7, 11) is 1.75. The van der Waals surface area contributed by atoms with Crippen molar-refractivity contribution in [1.82, 2.24) is 14.5 Å². The predicted octanol–water partition coefficient (Wildman–Crippen LogP) is 4.17. The van der Waals surface area contributed by atoms with E-state index in [1.165, 1.54) is 0 Å². The van der Waals surface area contributed by atoms with E-state index in [1.54, 1.807) is 36.1 Å². The van der Waals surface area contributed by atoms with Gasteiger partial charge in [0, 0.05) is 41.1 Å². The highest BCUT2D eigenvalue weighted by molar-refractivity contribution is 6.05. The normalized spacial score (nSPS) is 10.9. The van der Waals surface area contributed by atoms with Crippen molar-refractivity contribution in [2.45, 2.75) is 20.8 Å². The Labute approximate surface area is 174 Å². The van der Waals surface area contributed by atoms with Gasteiger partial charge in [0.15, 0.2) is 0 Å². The van der Waals surface area contributed by atoms with Gasteiger partial charge in [-0.15, -0.1) is 0 Å². The van der Waals surface area contributed by atoms with Gasteiger partial charge < -0.3 is 9.88 Å². The smallest absolute Gasteiger partial charge is 0.258 e. The van der Waals surface area contributed by atoms with Gasteiger partial charge in [-0.05, 0) is 68.3 Å². The monoisotopic (exact) mass is 398 g/mol. The van der Waals surface area contributed by atoms with Gasteiger partial charge in [-0.2, -0.15) is 0 Å². The van der Waals surface area contributed by atoms with Crippen LogP contribution in [0.5, 0.6) is 0 Å². The van der Waals surface area contributed by atoms with E-state index in [2.05, 4.69) is 15.3 Å². The molecular weight excluding hydrogens is 376 g/mol. The van der Waals surface area contributed by atoms with Crippen LogP contribution in [0.3, 0.4) is 0 Å². The molecular formula is C24H22N4O2. The highest BCUT2D eigenvalue weighted by Crippen LogP contribution is 2.25. The number of fused-ring (bicyclic) bond motifs is 1. The lowest BCUT2D eigenvalue weighted by Gasteiger charge is -2.13. The van der Waals surface area contributed by atoms with Crippen LogP contribution >= 0.6 is 0 Å². The lowest BCUT2D eigenvalue weighted by atomic mass is 9.97. The number of aryl methyl sites for hydroxylation is 4. The molecule has 0 spiro atoms. The summed E-state index contributed by atoms with van der Waals surface area (Å²) in [4.78, 5) is 34.4. The molecule has 0 fully saturated rings. The number of amides is 1. The average Bonchev–Trinajstić information content (AvgIpc) is 2.73. The number of benzene rings is 1. The molecule has 0 radical (unpaired) electrons. The first-order valence-corrected chi connectivity index (χ1v) is 9.65. The lowest BCUT2D eigenvalue weighted by Crippen LogP contribution is -2.20. The van der Waals surface area contributed by atoms with Crippen molar-refractivity contribution >= 4 is 22.5 Å². The van der Waals surface area contributed by atoms with Crippen molar-refractivity contribution in [3.05, 3.63) is 87.7 Å². The van der Waals surface area contributed by atoms with Crippen molar-refractivity contribution in [2.24, 2.45) is 7.05 Å². The average molecular weight is 398 g/mol. The topological polar surface area (TPSA) is 76.9 Å². The molecule has 0 aliphatic carbocycles. The number of nitrogens with zero attached hydrogens (tertiary/aromatic N) is 3. The van der Waals surface area contributed by atoms with Crippen LogP contribution < -0.4 is 10.9 Å². The Bertz CT molecular complexity index is 1340. The minimum atomic E-state index is -0.253. The maximum atomic E-state index is 13.1. The van der Waals surface area contributed by atoms with Crippen LogP contribution in [0.1, 0.15) is 27.3 Å². The number of aromatic nitrogens is 3. The van der Waals surface area contributed by atoms with E-state index in [0.29, 0.717) is 16.8 Å². The van der Waals surface area contributed by atoms with Crippen molar-refractivity contribution in [2.75, 3.05) is 5.32 Å². The Morgan fingerprint density at radius 2 is 1.67 bits per heavy atom. The molecule has 0 unspecified atom stereocenters. The molecule has 6 nitrogen and oxygen atoms in total. The van der Waals surface area contributed by atoms with Gasteiger partial charge in [0.1, 0.15) is 0 Å². The van der Waals surface area contributed by atoms with Gasteiger partial charge >= 0.3 is 0 Å². The highest BCUT2D eigenvalue weighted by Gasteiger charge is 2.15. The molecule has 6 heteroatoms. The number of anilines is 1. The van der Waals surface area contributed by atoms with Crippen molar-refractivity contribution < 1.29 is 4.79 Å². The van der Waals surface area contributed by atoms with Gasteiger partial charge in [0.25, 0.3) is 11.5 Å². The third-order valence-electron chi connectivity index (χ3n) is 5.20. The molecule has 0 bridgehead atoms. The SMILES string of the molecule is Cc1ccc(NC(=O)c2ccc(C)c(-c3cc4cnc(C)cc4n(C)c3=O)c2)cn1. The minimum Gasteiger partial charge on any atom is -0.321 e. The summed E-state index contributed by atoms with van der Waals surface area (Å²) in [6.07, 6.45) is 3.39. The zero-order valence-electron chi connectivity index (χ0n) is 17.4. The maximum absolute atomic E-state index is 13.1. The first-order valence-electron chi connectivity index (χ1n) is 9.65. The Morgan fingerprint density at radius 3 is 2.40 bits per heavy atom. The number of carbonyl (C=O) groups excluding carboxylic acids is 1. The summed E-state index contributed by atoms with van der Waals surface area (Å²) in [5, 5.41) is 3.72. The molecule has 1 N–H and O–H groups in total. The largest absolute Gasteiger partial charge is 0.321 e. The summed E-state index contributed by atoms with van der Waals surface area (Å²) in [5.41, 5.74) is 5.73. The maximum Gasteiger partial charge on any atom is 0.258 e. The number of rotatable bonds is 3. The van der Waals surface area contributed by atoms with Crippen molar-refractivity contribution in [3.8, 4) is 11.1 Å². The second kappa shape index (κ2) is 7.55. The van der Waals surface area contributed by atoms with Gasteiger partial charge in [0.2, 0.25) is 0 Å². The molecule has 0 saturated carbocycles. The van der Waals surface area contributed by atoms with Gasteiger partial charge in [0.05, 0.1) is 17.4 Å². The van der Waals surface area contributed by atoms with Crippen LogP contribution in [0.4, 0.5) is 5.69 Å². The van der Waals surface area contributed by atoms with E-state index < -0.39 is 0 Å². The lowest BCUT2D eigenvalue weighted by molar-refractivity contribution is 0.102. The first-order chi connectivity index (χ1) is 14.3. The number of pyridine rings is 3. The zero-order valence-corrected chi connectivity index (χ0v) is 17.4. The Kier molecular flexibility index (Phi) is 4.91. The molecule has 1 amide bonds. The molecule has 0 aliphatic heterocycles.